The fourth-order valence-corrected chi connectivity index (χ4v) is 4.31. The van der Waals surface area contributed by atoms with Crippen molar-refractivity contribution in [2.45, 2.75) is 20.5 Å². The second-order valence-electron chi connectivity index (χ2n) is 6.63. The van der Waals surface area contributed by atoms with Crippen molar-refractivity contribution in [2.24, 2.45) is 7.05 Å². The molecule has 0 aliphatic carbocycles. The summed E-state index contributed by atoms with van der Waals surface area (Å²) in [5, 5.41) is 11.6. The van der Waals surface area contributed by atoms with Crippen molar-refractivity contribution < 1.29 is 9.53 Å². The highest BCUT2D eigenvalue weighted by atomic mass is 32.1. The highest BCUT2D eigenvalue weighted by Crippen LogP contribution is 2.28. The molecule has 0 saturated heterocycles. The van der Waals surface area contributed by atoms with E-state index in [4.69, 9.17) is 4.74 Å². The topological polar surface area (TPSA) is 69.0 Å². The Morgan fingerprint density at radius 2 is 2.03 bits per heavy atom. The van der Waals surface area contributed by atoms with Crippen LogP contribution in [0.1, 0.15) is 26.5 Å². The standard InChI is InChI=1S/C21H20N4O2S2/c1-13-6-4-5-7-18(13)27-10-15-8-19(28-11-15)20(26)24-21-23-17(12-29-21)16-9-22-25(3)14(16)2/h4-9,11-12H,10H2,1-3H3,(H,23,24,26). The molecule has 0 fully saturated rings. The molecule has 1 aromatic carbocycles. The zero-order valence-electron chi connectivity index (χ0n) is 16.3. The Morgan fingerprint density at radius 3 is 2.79 bits per heavy atom. The normalized spacial score (nSPS) is 10.9. The molecule has 3 aromatic heterocycles. The van der Waals surface area contributed by atoms with Crippen molar-refractivity contribution >= 4 is 33.7 Å². The SMILES string of the molecule is Cc1ccccc1OCc1csc(C(=O)Nc2nc(-c3cnn(C)c3C)cs2)c1. The van der Waals surface area contributed by atoms with Gasteiger partial charge < -0.3 is 4.74 Å². The number of amides is 1. The fourth-order valence-electron chi connectivity index (χ4n) is 2.81. The number of aryl methyl sites for hydroxylation is 2. The third kappa shape index (κ3) is 4.23. The lowest BCUT2D eigenvalue weighted by Crippen LogP contribution is -2.09. The van der Waals surface area contributed by atoms with Gasteiger partial charge in [0.25, 0.3) is 5.91 Å². The van der Waals surface area contributed by atoms with E-state index in [1.54, 1.807) is 10.9 Å². The highest BCUT2D eigenvalue weighted by Gasteiger charge is 2.14. The lowest BCUT2D eigenvalue weighted by Gasteiger charge is -2.07. The number of aromatic nitrogens is 3. The van der Waals surface area contributed by atoms with Gasteiger partial charge in [-0.2, -0.15) is 5.10 Å². The first-order chi connectivity index (χ1) is 14.0. The zero-order valence-corrected chi connectivity index (χ0v) is 17.9. The van der Waals surface area contributed by atoms with Gasteiger partial charge in [0.1, 0.15) is 12.4 Å². The predicted octanol–water partition coefficient (Wildman–Crippen LogP) is 5.05. The Morgan fingerprint density at radius 1 is 1.21 bits per heavy atom. The van der Waals surface area contributed by atoms with Crippen LogP contribution in [0, 0.1) is 13.8 Å². The highest BCUT2D eigenvalue weighted by molar-refractivity contribution is 7.14. The maximum absolute atomic E-state index is 12.6. The third-order valence-corrected chi connectivity index (χ3v) is 6.34. The van der Waals surface area contributed by atoms with Gasteiger partial charge in [-0.25, -0.2) is 4.98 Å². The second kappa shape index (κ2) is 8.18. The van der Waals surface area contributed by atoms with E-state index in [2.05, 4.69) is 15.4 Å². The Bertz CT molecular complexity index is 1160. The van der Waals surface area contributed by atoms with E-state index in [0.29, 0.717) is 16.6 Å². The van der Waals surface area contributed by atoms with Crippen LogP contribution in [0.15, 0.2) is 47.3 Å². The second-order valence-corrected chi connectivity index (χ2v) is 8.40. The van der Waals surface area contributed by atoms with Crippen LogP contribution in [0.5, 0.6) is 5.75 Å². The number of ether oxygens (including phenoxy) is 1. The molecule has 148 valence electrons. The first-order valence-electron chi connectivity index (χ1n) is 9.03. The number of thiophene rings is 1. The van der Waals surface area contributed by atoms with E-state index < -0.39 is 0 Å². The molecule has 0 radical (unpaired) electrons. The molecular formula is C21H20N4O2S2. The molecule has 0 aliphatic rings. The van der Waals surface area contributed by atoms with Crippen LogP contribution >= 0.6 is 22.7 Å². The first-order valence-corrected chi connectivity index (χ1v) is 10.8. The number of anilines is 1. The van der Waals surface area contributed by atoms with E-state index in [1.165, 1.54) is 22.7 Å². The van der Waals surface area contributed by atoms with E-state index in [0.717, 1.165) is 33.8 Å². The molecule has 4 rings (SSSR count). The maximum atomic E-state index is 12.6. The average molecular weight is 425 g/mol. The molecule has 29 heavy (non-hydrogen) atoms. The van der Waals surface area contributed by atoms with Crippen molar-refractivity contribution in [3.8, 4) is 17.0 Å². The van der Waals surface area contributed by atoms with Crippen LogP contribution in [-0.4, -0.2) is 20.7 Å². The van der Waals surface area contributed by atoms with Gasteiger partial charge in [-0.15, -0.1) is 22.7 Å². The number of carbonyl (C=O) groups is 1. The summed E-state index contributed by atoms with van der Waals surface area (Å²) >= 11 is 2.80. The van der Waals surface area contributed by atoms with E-state index in [1.807, 2.05) is 62.0 Å². The van der Waals surface area contributed by atoms with Crippen molar-refractivity contribution in [1.82, 2.24) is 14.8 Å². The summed E-state index contributed by atoms with van der Waals surface area (Å²) in [6, 6.07) is 9.74. The van der Waals surface area contributed by atoms with Gasteiger partial charge in [-0.1, -0.05) is 18.2 Å². The minimum absolute atomic E-state index is 0.166. The summed E-state index contributed by atoms with van der Waals surface area (Å²) in [6.07, 6.45) is 1.79. The Kier molecular flexibility index (Phi) is 5.46. The van der Waals surface area contributed by atoms with Gasteiger partial charge >= 0.3 is 0 Å². The van der Waals surface area contributed by atoms with Crippen molar-refractivity contribution in [3.63, 3.8) is 0 Å². The third-order valence-electron chi connectivity index (χ3n) is 4.60. The minimum atomic E-state index is -0.166. The quantitative estimate of drug-likeness (QED) is 0.470. The summed E-state index contributed by atoms with van der Waals surface area (Å²) in [6.45, 7) is 4.43. The summed E-state index contributed by atoms with van der Waals surface area (Å²) in [5.41, 5.74) is 4.87. The lowest BCUT2D eigenvalue weighted by atomic mass is 10.2. The van der Waals surface area contributed by atoms with Crippen LogP contribution in [0.25, 0.3) is 11.3 Å². The van der Waals surface area contributed by atoms with Crippen LogP contribution in [0.4, 0.5) is 5.13 Å². The molecule has 0 saturated carbocycles. The number of carbonyl (C=O) groups excluding carboxylic acids is 1. The van der Waals surface area contributed by atoms with Crippen molar-refractivity contribution in [2.75, 3.05) is 5.32 Å². The van der Waals surface area contributed by atoms with Crippen LogP contribution in [0.2, 0.25) is 0 Å². The molecule has 1 amide bonds. The van der Waals surface area contributed by atoms with E-state index in [-0.39, 0.29) is 5.91 Å². The molecule has 0 unspecified atom stereocenters. The van der Waals surface area contributed by atoms with Crippen molar-refractivity contribution in [3.05, 3.63) is 69.0 Å². The smallest absolute Gasteiger partial charge is 0.267 e. The molecule has 6 nitrogen and oxygen atoms in total. The molecule has 0 spiro atoms. The van der Waals surface area contributed by atoms with Crippen molar-refractivity contribution in [1.29, 1.82) is 0 Å². The number of nitrogens with one attached hydrogen (secondary N) is 1. The largest absolute Gasteiger partial charge is 0.489 e. The fraction of sp³-hybridized carbons (Fsp3) is 0.190. The Labute approximate surface area is 176 Å². The maximum Gasteiger partial charge on any atom is 0.267 e. The summed E-state index contributed by atoms with van der Waals surface area (Å²) < 4.78 is 7.66. The van der Waals surface area contributed by atoms with Gasteiger partial charge in [-0.3, -0.25) is 14.8 Å². The molecule has 1 N–H and O–H groups in total. The number of hydrogen-bond donors (Lipinski definition) is 1. The number of rotatable bonds is 6. The lowest BCUT2D eigenvalue weighted by molar-refractivity contribution is 0.103. The van der Waals surface area contributed by atoms with Crippen LogP contribution < -0.4 is 10.1 Å². The zero-order chi connectivity index (χ0) is 20.4. The predicted molar refractivity (Wildman–Crippen MR) is 117 cm³/mol. The Balaban J connectivity index is 1.39. The molecule has 3 heterocycles. The number of nitrogens with zero attached hydrogens (tertiary/aromatic N) is 3. The molecule has 4 aromatic rings. The average Bonchev–Trinajstić information content (AvgIpc) is 3.43. The molecule has 0 atom stereocenters. The molecule has 8 heteroatoms. The molecule has 0 bridgehead atoms. The summed E-state index contributed by atoms with van der Waals surface area (Å²) in [7, 11) is 1.89. The van der Waals surface area contributed by atoms with Crippen LogP contribution in [-0.2, 0) is 13.7 Å². The van der Waals surface area contributed by atoms with Gasteiger partial charge in [0.05, 0.1) is 16.8 Å². The molecular weight excluding hydrogens is 404 g/mol. The first kappa shape index (κ1) is 19.4. The summed E-state index contributed by atoms with van der Waals surface area (Å²) in [4.78, 5) is 17.7. The van der Waals surface area contributed by atoms with Crippen LogP contribution in [0.3, 0.4) is 0 Å². The number of thiazole rings is 1. The van der Waals surface area contributed by atoms with Gasteiger partial charge in [0.2, 0.25) is 0 Å². The Hall–Kier alpha value is -2.97. The summed E-state index contributed by atoms with van der Waals surface area (Å²) in [5.74, 6) is 0.687. The van der Waals surface area contributed by atoms with Gasteiger partial charge in [-0.05, 0) is 36.9 Å². The van der Waals surface area contributed by atoms with Gasteiger partial charge in [0, 0.05) is 29.2 Å². The van der Waals surface area contributed by atoms with E-state index in [9.17, 15) is 4.79 Å². The number of benzene rings is 1. The monoisotopic (exact) mass is 424 g/mol. The molecule has 0 aliphatic heterocycles. The number of hydrogen-bond acceptors (Lipinski definition) is 6. The van der Waals surface area contributed by atoms with Gasteiger partial charge in [0.15, 0.2) is 5.13 Å². The number of para-hydroxylation sites is 1. The van der Waals surface area contributed by atoms with E-state index >= 15 is 0 Å². The minimum Gasteiger partial charge on any atom is -0.489 e.